The monoisotopic (exact) mass is 598 g/mol. The summed E-state index contributed by atoms with van der Waals surface area (Å²) >= 11 is 0. The Hall–Kier alpha value is -5.75. The highest BCUT2D eigenvalue weighted by Gasteiger charge is 2.49. The average molecular weight is 599 g/mol. The molecule has 222 valence electrons. The van der Waals surface area contributed by atoms with Crippen LogP contribution in [0.3, 0.4) is 0 Å². The van der Waals surface area contributed by atoms with E-state index in [4.69, 9.17) is 24.4 Å². The largest absolute Gasteiger partial charge is 0.440 e. The fraction of sp³-hybridized carbons (Fsp3) is 0.125. The van der Waals surface area contributed by atoms with Crippen molar-refractivity contribution in [2.75, 3.05) is 4.90 Å². The van der Waals surface area contributed by atoms with Gasteiger partial charge in [-0.05, 0) is 30.2 Å². The van der Waals surface area contributed by atoms with Crippen LogP contribution in [0.5, 0.6) is 11.5 Å². The Kier molecular flexibility index (Phi) is 6.20. The van der Waals surface area contributed by atoms with Crippen LogP contribution in [0.2, 0.25) is 0 Å². The molecular formula is C40H30N4O2. The predicted octanol–water partition coefficient (Wildman–Crippen LogP) is 8.56. The molecule has 4 aliphatic rings. The Morgan fingerprint density at radius 2 is 1.41 bits per heavy atom. The van der Waals surface area contributed by atoms with Gasteiger partial charge in [0.05, 0.1) is 6.04 Å². The van der Waals surface area contributed by atoms with Gasteiger partial charge in [0.15, 0.2) is 17.3 Å². The second kappa shape index (κ2) is 10.7. The molecule has 0 N–H and O–H groups in total. The number of allylic oxidation sites excluding steroid dienone is 4. The van der Waals surface area contributed by atoms with Gasteiger partial charge in [-0.2, -0.15) is 9.97 Å². The summed E-state index contributed by atoms with van der Waals surface area (Å²) in [5, 5.41) is 0. The molecule has 4 aromatic carbocycles. The lowest BCUT2D eigenvalue weighted by Crippen LogP contribution is -2.39. The van der Waals surface area contributed by atoms with Crippen molar-refractivity contribution >= 4 is 11.6 Å². The molecule has 0 fully saturated rings. The summed E-state index contributed by atoms with van der Waals surface area (Å²) in [7, 11) is 0. The highest BCUT2D eigenvalue weighted by Crippen LogP contribution is 2.53. The number of rotatable bonds is 5. The number of benzene rings is 4. The minimum atomic E-state index is -1.10. The molecule has 0 amide bonds. The van der Waals surface area contributed by atoms with Crippen LogP contribution in [0.25, 0.3) is 11.4 Å². The molecule has 0 spiro atoms. The van der Waals surface area contributed by atoms with E-state index < -0.39 is 5.79 Å². The molecule has 0 saturated heterocycles. The van der Waals surface area contributed by atoms with Crippen molar-refractivity contribution in [2.45, 2.75) is 30.1 Å². The number of para-hydroxylation sites is 3. The average Bonchev–Trinajstić information content (AvgIpc) is 3.70. The lowest BCUT2D eigenvalue weighted by molar-refractivity contribution is -0.0472. The van der Waals surface area contributed by atoms with Gasteiger partial charge in [0.25, 0.3) is 0 Å². The molecule has 2 aliphatic heterocycles. The zero-order valence-corrected chi connectivity index (χ0v) is 25.0. The first-order valence-electron chi connectivity index (χ1n) is 15.7. The quantitative estimate of drug-likeness (QED) is 0.202. The van der Waals surface area contributed by atoms with Crippen LogP contribution in [0.15, 0.2) is 157 Å². The van der Waals surface area contributed by atoms with Gasteiger partial charge >= 0.3 is 5.79 Å². The van der Waals surface area contributed by atoms with E-state index in [9.17, 15) is 0 Å². The van der Waals surface area contributed by atoms with Crippen molar-refractivity contribution in [3.63, 3.8) is 0 Å². The number of fused-ring (bicyclic) bond motifs is 4. The van der Waals surface area contributed by atoms with Crippen molar-refractivity contribution in [1.82, 2.24) is 15.0 Å². The molecule has 5 aromatic rings. The first-order valence-corrected chi connectivity index (χ1v) is 15.7. The van der Waals surface area contributed by atoms with E-state index in [0.29, 0.717) is 11.8 Å². The molecule has 46 heavy (non-hydrogen) atoms. The van der Waals surface area contributed by atoms with Gasteiger partial charge < -0.3 is 14.4 Å². The zero-order valence-electron chi connectivity index (χ0n) is 25.0. The van der Waals surface area contributed by atoms with Crippen molar-refractivity contribution in [3.8, 4) is 22.9 Å². The number of aromatic nitrogens is 3. The minimum Gasteiger partial charge on any atom is -0.440 e. The van der Waals surface area contributed by atoms with Crippen LogP contribution in [-0.2, 0) is 5.79 Å². The van der Waals surface area contributed by atoms with Gasteiger partial charge in [-0.15, -0.1) is 0 Å². The molecule has 0 radical (unpaired) electrons. The summed E-state index contributed by atoms with van der Waals surface area (Å²) < 4.78 is 13.4. The van der Waals surface area contributed by atoms with Gasteiger partial charge in [0.2, 0.25) is 5.95 Å². The maximum Gasteiger partial charge on any atom is 0.305 e. The second-order valence-corrected chi connectivity index (χ2v) is 11.9. The molecular weight excluding hydrogens is 568 g/mol. The summed E-state index contributed by atoms with van der Waals surface area (Å²) in [6, 6.07) is 36.7. The summed E-state index contributed by atoms with van der Waals surface area (Å²) in [4.78, 5) is 17.5. The van der Waals surface area contributed by atoms with Gasteiger partial charge in [0, 0.05) is 34.2 Å². The summed E-state index contributed by atoms with van der Waals surface area (Å²) in [6.07, 6.45) is 16.0. The Morgan fingerprint density at radius 1 is 0.696 bits per heavy atom. The van der Waals surface area contributed by atoms with Crippen LogP contribution in [0.4, 0.5) is 11.6 Å². The van der Waals surface area contributed by atoms with E-state index in [1.807, 2.05) is 60.7 Å². The van der Waals surface area contributed by atoms with Gasteiger partial charge in [-0.25, -0.2) is 4.98 Å². The fourth-order valence-electron chi connectivity index (χ4n) is 6.95. The van der Waals surface area contributed by atoms with E-state index in [2.05, 4.69) is 96.0 Å². The van der Waals surface area contributed by atoms with Crippen molar-refractivity contribution in [1.29, 1.82) is 0 Å². The SMILES string of the molecule is C1=CCC(c2nc(-c3ccccc3)nc(N3c4ccccc4C4C=C(C5(c6ccccc6)Oc6ccccc6O5)C=CC43)n2)C=C1. The number of anilines is 2. The van der Waals surface area contributed by atoms with Crippen molar-refractivity contribution in [2.24, 2.45) is 0 Å². The van der Waals surface area contributed by atoms with E-state index in [-0.39, 0.29) is 17.9 Å². The van der Waals surface area contributed by atoms with Crippen molar-refractivity contribution < 1.29 is 9.47 Å². The first kappa shape index (κ1) is 26.6. The summed E-state index contributed by atoms with van der Waals surface area (Å²) in [5.74, 6) is 2.56. The van der Waals surface area contributed by atoms with E-state index >= 15 is 0 Å². The lowest BCUT2D eigenvalue weighted by Gasteiger charge is -2.34. The summed E-state index contributed by atoms with van der Waals surface area (Å²) in [5.41, 5.74) is 5.14. The topological polar surface area (TPSA) is 60.4 Å². The highest BCUT2D eigenvalue weighted by molar-refractivity contribution is 5.73. The maximum atomic E-state index is 6.72. The molecule has 3 unspecified atom stereocenters. The highest BCUT2D eigenvalue weighted by atomic mass is 16.7. The Morgan fingerprint density at radius 3 is 2.17 bits per heavy atom. The molecule has 6 nitrogen and oxygen atoms in total. The zero-order chi connectivity index (χ0) is 30.5. The van der Waals surface area contributed by atoms with Gasteiger partial charge in [0.1, 0.15) is 5.82 Å². The molecule has 3 heterocycles. The molecule has 6 heteroatoms. The predicted molar refractivity (Wildman–Crippen MR) is 179 cm³/mol. The van der Waals surface area contributed by atoms with Crippen LogP contribution in [-0.4, -0.2) is 21.0 Å². The minimum absolute atomic E-state index is 0.0191. The van der Waals surface area contributed by atoms with Crippen LogP contribution < -0.4 is 14.4 Å². The van der Waals surface area contributed by atoms with E-state index in [1.165, 1.54) is 5.56 Å². The first-order chi connectivity index (χ1) is 22.8. The van der Waals surface area contributed by atoms with Crippen LogP contribution in [0, 0.1) is 0 Å². The van der Waals surface area contributed by atoms with E-state index in [0.717, 1.165) is 46.1 Å². The third-order valence-corrected chi connectivity index (χ3v) is 9.14. The van der Waals surface area contributed by atoms with Crippen molar-refractivity contribution in [3.05, 3.63) is 174 Å². The Bertz CT molecular complexity index is 2040. The Labute approximate surface area is 267 Å². The summed E-state index contributed by atoms with van der Waals surface area (Å²) in [6.45, 7) is 0. The molecule has 3 atom stereocenters. The lowest BCUT2D eigenvalue weighted by atomic mass is 9.84. The number of ether oxygens (including phenoxy) is 2. The third-order valence-electron chi connectivity index (χ3n) is 9.14. The molecule has 2 aliphatic carbocycles. The molecule has 0 saturated carbocycles. The normalized spacial score (nSPS) is 21.5. The van der Waals surface area contributed by atoms with E-state index in [1.54, 1.807) is 0 Å². The molecule has 9 rings (SSSR count). The smallest absolute Gasteiger partial charge is 0.305 e. The maximum absolute atomic E-state index is 6.72. The third kappa shape index (κ3) is 4.29. The molecule has 1 aromatic heterocycles. The Balaban J connectivity index is 1.17. The number of hydrogen-bond donors (Lipinski definition) is 0. The molecule has 0 bridgehead atoms. The van der Waals surface area contributed by atoms with Crippen LogP contribution in [0.1, 0.15) is 35.2 Å². The van der Waals surface area contributed by atoms with Gasteiger partial charge in [-0.3, -0.25) is 0 Å². The van der Waals surface area contributed by atoms with Crippen LogP contribution >= 0.6 is 0 Å². The standard InChI is InChI=1S/C40H30N4O2/c1-4-14-27(15-5-1)37-41-38(28-16-6-2-7-17-28)43-39(42-37)44-33-21-11-10-20-31(33)32-26-30(24-25-34(32)44)40(29-18-8-3-9-19-29)45-35-22-12-13-23-36(35)46-40/h1-16,18-26,28,32,34H,17H2. The second-order valence-electron chi connectivity index (χ2n) is 11.9. The fourth-order valence-corrected chi connectivity index (χ4v) is 6.95. The van der Waals surface area contributed by atoms with Gasteiger partial charge in [-0.1, -0.05) is 134 Å². The number of hydrogen-bond acceptors (Lipinski definition) is 6. The number of nitrogens with zero attached hydrogens (tertiary/aromatic N) is 4.